The predicted molar refractivity (Wildman–Crippen MR) is 130 cm³/mol. The van der Waals surface area contributed by atoms with Gasteiger partial charge in [0.05, 0.1) is 11.7 Å². The van der Waals surface area contributed by atoms with Gasteiger partial charge in [0.1, 0.15) is 0 Å². The minimum absolute atomic E-state index is 0.0712. The van der Waals surface area contributed by atoms with Gasteiger partial charge in [-0.2, -0.15) is 5.10 Å². The molecule has 3 N–H and O–H groups in total. The van der Waals surface area contributed by atoms with Crippen molar-refractivity contribution < 1.29 is 4.74 Å². The van der Waals surface area contributed by atoms with E-state index in [0.29, 0.717) is 23.5 Å². The number of nitrogens with two attached hydrogens (primary N) is 1. The summed E-state index contributed by atoms with van der Waals surface area (Å²) in [6.45, 7) is 11.1. The molecular weight excluding hydrogens is 394 g/mol. The summed E-state index contributed by atoms with van der Waals surface area (Å²) in [6.07, 6.45) is 13.2. The summed E-state index contributed by atoms with van der Waals surface area (Å²) in [4.78, 5) is 0. The molecule has 2 aliphatic heterocycles. The van der Waals surface area contributed by atoms with Gasteiger partial charge in [0.2, 0.25) is 0 Å². The quantitative estimate of drug-likeness (QED) is 0.301. The molecule has 1 spiro atoms. The lowest BCUT2D eigenvalue weighted by molar-refractivity contribution is -0.0734. The van der Waals surface area contributed by atoms with Gasteiger partial charge in [0, 0.05) is 17.7 Å². The molecule has 10 atom stereocenters. The second-order valence-electron chi connectivity index (χ2n) is 13.1. The van der Waals surface area contributed by atoms with E-state index in [2.05, 4.69) is 38.1 Å². The minimum atomic E-state index is 0.0712. The zero-order valence-corrected chi connectivity index (χ0v) is 20.8. The molecule has 6 aliphatic rings. The number of hydrogen-bond acceptors (Lipinski definition) is 4. The van der Waals surface area contributed by atoms with Crippen LogP contribution in [-0.2, 0) is 4.74 Å². The number of rotatable bonds is 0. The maximum atomic E-state index is 7.04. The zero-order chi connectivity index (χ0) is 22.3. The molecule has 5 fully saturated rings. The molecule has 0 aromatic rings. The molecule has 0 amide bonds. The van der Waals surface area contributed by atoms with Crippen LogP contribution in [0, 0.1) is 40.9 Å². The first-order valence-corrected chi connectivity index (χ1v) is 13.7. The van der Waals surface area contributed by atoms with Gasteiger partial charge in [-0.1, -0.05) is 31.9 Å². The molecule has 0 unspecified atom stereocenters. The van der Waals surface area contributed by atoms with Crippen LogP contribution in [0.15, 0.2) is 16.2 Å². The van der Waals surface area contributed by atoms with Crippen LogP contribution < -0.4 is 11.2 Å². The largest absolute Gasteiger partial charge is 0.369 e. The van der Waals surface area contributed by atoms with E-state index < -0.39 is 0 Å². The van der Waals surface area contributed by atoms with Crippen LogP contribution in [0.25, 0.3) is 0 Å². The number of fused-ring (bicyclic) bond motifs is 6. The van der Waals surface area contributed by atoms with Crippen LogP contribution in [0.5, 0.6) is 0 Å². The predicted octanol–water partition coefficient (Wildman–Crippen LogP) is 5.43. The Morgan fingerprint density at radius 3 is 2.78 bits per heavy atom. The average molecular weight is 440 g/mol. The smallest absolute Gasteiger partial charge is 0.0765 e. The van der Waals surface area contributed by atoms with Gasteiger partial charge >= 0.3 is 0 Å². The van der Waals surface area contributed by atoms with Gasteiger partial charge in [-0.3, -0.25) is 0 Å². The van der Waals surface area contributed by atoms with Gasteiger partial charge in [0.25, 0.3) is 0 Å². The molecule has 32 heavy (non-hydrogen) atoms. The summed E-state index contributed by atoms with van der Waals surface area (Å²) in [6, 6.07) is 0.560. The summed E-state index contributed by atoms with van der Waals surface area (Å²) < 4.78 is 7.04. The summed E-state index contributed by atoms with van der Waals surface area (Å²) >= 11 is 0. The van der Waals surface area contributed by atoms with Crippen molar-refractivity contribution in [2.75, 3.05) is 6.54 Å². The van der Waals surface area contributed by atoms with Crippen molar-refractivity contribution in [1.29, 1.82) is 0 Å². The molecular formula is C28H45N3O. The maximum Gasteiger partial charge on any atom is 0.0765 e. The van der Waals surface area contributed by atoms with E-state index in [9.17, 15) is 0 Å². The van der Waals surface area contributed by atoms with Crippen molar-refractivity contribution in [3.63, 3.8) is 0 Å². The van der Waals surface area contributed by atoms with Gasteiger partial charge in [-0.25, -0.2) is 0 Å². The highest BCUT2D eigenvalue weighted by atomic mass is 16.5. The molecule has 2 saturated heterocycles. The second-order valence-corrected chi connectivity index (χ2v) is 13.1. The van der Waals surface area contributed by atoms with Crippen molar-refractivity contribution in [2.45, 2.75) is 110 Å². The Balaban J connectivity index is 1.27. The summed E-state index contributed by atoms with van der Waals surface area (Å²) in [7, 11) is 0. The van der Waals surface area contributed by atoms with Crippen LogP contribution in [0.4, 0.5) is 0 Å². The third kappa shape index (κ3) is 3.04. The second kappa shape index (κ2) is 7.57. The third-order valence-corrected chi connectivity index (χ3v) is 11.6. The molecule has 4 nitrogen and oxygen atoms in total. The first-order valence-electron chi connectivity index (χ1n) is 13.7. The Morgan fingerprint density at radius 1 is 1.12 bits per heavy atom. The molecule has 0 bridgehead atoms. The maximum absolute atomic E-state index is 7.04. The van der Waals surface area contributed by atoms with Crippen LogP contribution >= 0.6 is 0 Å². The van der Waals surface area contributed by atoms with E-state index in [1.165, 1.54) is 57.1 Å². The Hall–Kier alpha value is -0.870. The molecule has 0 aromatic carbocycles. The normalized spacial score (nSPS) is 54.2. The average Bonchev–Trinajstić information content (AvgIpc) is 3.23. The summed E-state index contributed by atoms with van der Waals surface area (Å²) in [5.41, 5.74) is 5.37. The number of nitrogens with zero attached hydrogens (tertiary/aromatic N) is 1. The van der Waals surface area contributed by atoms with E-state index in [1.807, 2.05) is 5.57 Å². The lowest BCUT2D eigenvalue weighted by Gasteiger charge is -2.52. The topological polar surface area (TPSA) is 59.6 Å². The Morgan fingerprint density at radius 2 is 1.97 bits per heavy atom. The fourth-order valence-corrected chi connectivity index (χ4v) is 9.74. The van der Waals surface area contributed by atoms with Crippen LogP contribution in [-0.4, -0.2) is 30.0 Å². The molecule has 6 rings (SSSR count). The van der Waals surface area contributed by atoms with Crippen LogP contribution in [0.1, 0.15) is 91.9 Å². The highest BCUT2D eigenvalue weighted by molar-refractivity contribution is 5.85. The molecule has 178 valence electrons. The van der Waals surface area contributed by atoms with Gasteiger partial charge in [0.15, 0.2) is 0 Å². The number of hydrogen-bond donors (Lipinski definition) is 2. The van der Waals surface area contributed by atoms with Crippen molar-refractivity contribution in [2.24, 2.45) is 51.9 Å². The highest BCUT2D eigenvalue weighted by Crippen LogP contribution is 2.65. The molecule has 4 aliphatic carbocycles. The fraction of sp³-hybridized carbons (Fsp3) is 0.893. The Labute approximate surface area is 195 Å². The third-order valence-electron chi connectivity index (χ3n) is 11.6. The van der Waals surface area contributed by atoms with E-state index >= 15 is 0 Å². The molecule has 4 heteroatoms. The van der Waals surface area contributed by atoms with E-state index in [4.69, 9.17) is 10.6 Å². The first kappa shape index (κ1) is 21.6. The number of piperidine rings is 1. The number of allylic oxidation sites excluding steroid dienone is 1. The van der Waals surface area contributed by atoms with Crippen LogP contribution in [0.3, 0.4) is 0 Å². The summed E-state index contributed by atoms with van der Waals surface area (Å²) in [5.74, 6) is 10.4. The monoisotopic (exact) mass is 439 g/mol. The van der Waals surface area contributed by atoms with Gasteiger partial charge in [-0.05, 0) is 113 Å². The van der Waals surface area contributed by atoms with Crippen molar-refractivity contribution >= 4 is 5.71 Å². The molecule has 2 heterocycles. The SMILES string of the molecule is CC1=C2C[C@H]3[C@@H](CC[C@@H]4CC(=NN)CC[C@@]43C)[C@@H]2CC[C@@]2(C1)O[C@@H]1C[C@H](C)CN[C@H]1[C@H]2C. The van der Waals surface area contributed by atoms with Gasteiger partial charge in [-0.15, -0.1) is 0 Å². The van der Waals surface area contributed by atoms with Crippen molar-refractivity contribution in [3.05, 3.63) is 11.1 Å². The van der Waals surface area contributed by atoms with Crippen molar-refractivity contribution in [1.82, 2.24) is 5.32 Å². The summed E-state index contributed by atoms with van der Waals surface area (Å²) in [5, 5.41) is 7.99. The van der Waals surface area contributed by atoms with E-state index in [1.54, 1.807) is 5.57 Å². The number of hydrazone groups is 1. The highest BCUT2D eigenvalue weighted by Gasteiger charge is 2.59. The van der Waals surface area contributed by atoms with Gasteiger partial charge < -0.3 is 15.9 Å². The number of ether oxygens (including phenoxy) is 1. The Bertz CT molecular complexity index is 835. The molecule has 3 saturated carbocycles. The fourth-order valence-electron chi connectivity index (χ4n) is 9.74. The molecule has 0 aromatic heterocycles. The molecule has 0 radical (unpaired) electrons. The zero-order valence-electron chi connectivity index (χ0n) is 20.8. The first-order chi connectivity index (χ1) is 15.3. The minimum Gasteiger partial charge on any atom is -0.369 e. The Kier molecular flexibility index (Phi) is 5.12. The standard InChI is InChI=1S/C28H45N3O/c1-16-11-25-26(30-15-16)18(3)28(32-25)10-8-21-22-6-5-19-12-20(31-29)7-9-27(19,4)24(22)13-23(21)17(2)14-28/h16,18-19,21-22,24-26,30H,5-15,29H2,1-4H3/t16-,18+,19+,21-,22-,24-,25+,26-,27-,28-/m0/s1. The lowest BCUT2D eigenvalue weighted by atomic mass is 9.52. The van der Waals surface area contributed by atoms with Crippen LogP contribution in [0.2, 0.25) is 0 Å². The van der Waals surface area contributed by atoms with E-state index in [0.717, 1.165) is 49.0 Å². The number of nitrogens with one attached hydrogen (secondary N) is 1. The van der Waals surface area contributed by atoms with Crippen molar-refractivity contribution in [3.8, 4) is 0 Å². The lowest BCUT2D eigenvalue weighted by Crippen LogP contribution is -2.48. The van der Waals surface area contributed by atoms with E-state index in [-0.39, 0.29) is 5.60 Å².